The first-order chi connectivity index (χ1) is 27.6. The lowest BCUT2D eigenvalue weighted by Gasteiger charge is -2.21. The Hall–Kier alpha value is -2.40. The van der Waals surface area contributed by atoms with Crippen molar-refractivity contribution in [1.82, 2.24) is 0 Å². The number of allylic oxidation sites excluding steroid dienone is 7. The van der Waals surface area contributed by atoms with Gasteiger partial charge >= 0.3 is 17.9 Å². The number of carboxylic acids is 1. The summed E-state index contributed by atoms with van der Waals surface area (Å²) in [5.41, 5.74) is 6.11. The van der Waals surface area contributed by atoms with E-state index in [1.807, 2.05) is 30.4 Å². The van der Waals surface area contributed by atoms with Crippen LogP contribution >= 0.6 is 11.8 Å². The van der Waals surface area contributed by atoms with Crippen LogP contribution in [0.25, 0.3) is 0 Å². The van der Waals surface area contributed by atoms with Crippen molar-refractivity contribution >= 4 is 29.7 Å². The number of aliphatic hydroxyl groups excluding tert-OH is 2. The molecule has 0 saturated carbocycles. The van der Waals surface area contributed by atoms with Crippen LogP contribution in [0.5, 0.6) is 0 Å². The molecule has 0 aliphatic rings. The highest BCUT2D eigenvalue weighted by molar-refractivity contribution is 8.00. The van der Waals surface area contributed by atoms with Crippen molar-refractivity contribution in [1.29, 1.82) is 0 Å². The monoisotopic (exact) mass is 822 g/mol. The van der Waals surface area contributed by atoms with E-state index in [1.54, 1.807) is 0 Å². The first-order valence-corrected chi connectivity index (χ1v) is 23.6. The standard InChI is InChI=1S/C47H83NO8S/c1-4-6-7-8-9-10-11-17-20-23-26-29-34-44(43(50)33-31-35-45(51)52)57-39-42(48)47(54)55-38-41(37-49)56-46(53)36-30-27-24-21-18-15-13-12-14-16-19-22-25-28-32-40(3)5-2/h9-10,17,20,23,26,29,34,40-44,49-50H,4-8,11-16,18-19,21-22,24-25,27-28,30-33,35-39,48H2,1-3H3,(H,51,52)/b10-9-,20-17-,26-23+,34-29+/t40?,41-,42-,43-,44+/m0/s1. The summed E-state index contributed by atoms with van der Waals surface area (Å²) < 4.78 is 10.6. The number of aliphatic hydroxyl groups is 2. The molecule has 9 nitrogen and oxygen atoms in total. The molecule has 0 heterocycles. The Bertz CT molecular complexity index is 1090. The summed E-state index contributed by atoms with van der Waals surface area (Å²) in [4.78, 5) is 36.0. The van der Waals surface area contributed by atoms with Gasteiger partial charge in [-0.15, -0.1) is 11.8 Å². The van der Waals surface area contributed by atoms with E-state index >= 15 is 0 Å². The number of esters is 2. The minimum atomic E-state index is -1.01. The zero-order valence-corrected chi connectivity index (χ0v) is 37.0. The van der Waals surface area contributed by atoms with Crippen molar-refractivity contribution in [2.75, 3.05) is 19.0 Å². The fraction of sp³-hybridized carbons (Fsp3) is 0.766. The number of hydrogen-bond donors (Lipinski definition) is 4. The summed E-state index contributed by atoms with van der Waals surface area (Å²) in [6.07, 6.45) is 40.4. The summed E-state index contributed by atoms with van der Waals surface area (Å²) in [5.74, 6) is -1.03. The van der Waals surface area contributed by atoms with Gasteiger partial charge < -0.3 is 30.5 Å². The Morgan fingerprint density at radius 3 is 1.93 bits per heavy atom. The van der Waals surface area contributed by atoms with Gasteiger partial charge in [-0.1, -0.05) is 179 Å². The summed E-state index contributed by atoms with van der Waals surface area (Å²) in [5, 5.41) is 29.1. The number of nitrogens with two attached hydrogens (primary N) is 1. The zero-order valence-electron chi connectivity index (χ0n) is 36.2. The molecule has 0 rings (SSSR count). The normalized spacial score (nSPS) is 14.8. The number of carbonyl (C=O) groups is 3. The van der Waals surface area contributed by atoms with Crippen molar-refractivity contribution in [2.24, 2.45) is 11.7 Å². The van der Waals surface area contributed by atoms with E-state index < -0.39 is 48.0 Å². The Morgan fingerprint density at radius 1 is 0.719 bits per heavy atom. The molecule has 0 amide bonds. The largest absolute Gasteiger partial charge is 0.481 e. The van der Waals surface area contributed by atoms with Gasteiger partial charge in [0.2, 0.25) is 0 Å². The molecule has 0 saturated heterocycles. The maximum atomic E-state index is 12.7. The van der Waals surface area contributed by atoms with Gasteiger partial charge in [0.25, 0.3) is 0 Å². The fourth-order valence-electron chi connectivity index (χ4n) is 6.21. The lowest BCUT2D eigenvalue weighted by atomic mass is 9.99. The Morgan fingerprint density at radius 2 is 1.33 bits per heavy atom. The molecule has 0 aromatic rings. The molecular weight excluding hydrogens is 739 g/mol. The van der Waals surface area contributed by atoms with Crippen LogP contribution in [0.1, 0.15) is 181 Å². The second kappa shape index (κ2) is 40.4. The first-order valence-electron chi connectivity index (χ1n) is 22.5. The number of rotatable bonds is 40. The summed E-state index contributed by atoms with van der Waals surface area (Å²) in [6, 6.07) is -1.01. The quantitative estimate of drug-likeness (QED) is 0.0203. The van der Waals surface area contributed by atoms with Crippen molar-refractivity contribution < 1.29 is 39.2 Å². The average Bonchev–Trinajstić information content (AvgIpc) is 3.19. The number of carbonyl (C=O) groups excluding carboxylic acids is 2. The molecule has 0 aromatic heterocycles. The smallest absolute Gasteiger partial charge is 0.323 e. The van der Waals surface area contributed by atoms with Gasteiger partial charge in [0.15, 0.2) is 6.10 Å². The number of unbranched alkanes of at least 4 members (excludes halogenated alkanes) is 16. The van der Waals surface area contributed by atoms with E-state index in [2.05, 4.69) is 39.0 Å². The van der Waals surface area contributed by atoms with E-state index in [4.69, 9.17) is 20.3 Å². The average molecular weight is 822 g/mol. The van der Waals surface area contributed by atoms with Gasteiger partial charge in [-0.05, 0) is 44.4 Å². The minimum Gasteiger partial charge on any atom is -0.481 e. The van der Waals surface area contributed by atoms with Crippen LogP contribution in [-0.4, -0.2) is 75.7 Å². The highest BCUT2D eigenvalue weighted by Crippen LogP contribution is 2.22. The number of hydrogen-bond acceptors (Lipinski definition) is 9. The predicted octanol–water partition coefficient (Wildman–Crippen LogP) is 11.0. The third kappa shape index (κ3) is 36.4. The summed E-state index contributed by atoms with van der Waals surface area (Å²) >= 11 is 1.28. The lowest BCUT2D eigenvalue weighted by Crippen LogP contribution is -2.38. The maximum absolute atomic E-state index is 12.7. The van der Waals surface area contributed by atoms with Crippen LogP contribution in [0, 0.1) is 5.92 Å². The van der Waals surface area contributed by atoms with E-state index in [9.17, 15) is 24.6 Å². The molecule has 5 N–H and O–H groups in total. The van der Waals surface area contributed by atoms with Gasteiger partial charge in [0.1, 0.15) is 12.6 Å². The van der Waals surface area contributed by atoms with Gasteiger partial charge in [0.05, 0.1) is 12.7 Å². The van der Waals surface area contributed by atoms with Crippen LogP contribution in [0.15, 0.2) is 48.6 Å². The summed E-state index contributed by atoms with van der Waals surface area (Å²) in [7, 11) is 0. The van der Waals surface area contributed by atoms with E-state index in [0.717, 1.165) is 38.0 Å². The van der Waals surface area contributed by atoms with E-state index in [1.165, 1.54) is 114 Å². The zero-order chi connectivity index (χ0) is 42.2. The fourth-order valence-corrected chi connectivity index (χ4v) is 7.33. The van der Waals surface area contributed by atoms with Gasteiger partial charge in [-0.2, -0.15) is 0 Å². The Kier molecular flexibility index (Phi) is 38.7. The van der Waals surface area contributed by atoms with Crippen LogP contribution in [-0.2, 0) is 23.9 Å². The molecule has 330 valence electrons. The van der Waals surface area contributed by atoms with E-state index in [-0.39, 0.29) is 31.6 Å². The molecule has 0 spiro atoms. The van der Waals surface area contributed by atoms with Crippen molar-refractivity contribution in [3.63, 3.8) is 0 Å². The van der Waals surface area contributed by atoms with Crippen LogP contribution in [0.4, 0.5) is 0 Å². The highest BCUT2D eigenvalue weighted by Gasteiger charge is 2.23. The molecule has 0 fully saturated rings. The van der Waals surface area contributed by atoms with Crippen molar-refractivity contribution in [3.8, 4) is 0 Å². The van der Waals surface area contributed by atoms with Crippen LogP contribution in [0.3, 0.4) is 0 Å². The van der Waals surface area contributed by atoms with Gasteiger partial charge in [0, 0.05) is 23.8 Å². The Balaban J connectivity index is 4.37. The molecule has 1 unspecified atom stereocenters. The second-order valence-corrected chi connectivity index (χ2v) is 16.8. The molecule has 0 aliphatic heterocycles. The minimum absolute atomic E-state index is 0.0441. The van der Waals surface area contributed by atoms with Crippen molar-refractivity contribution in [2.45, 2.75) is 205 Å². The maximum Gasteiger partial charge on any atom is 0.323 e. The SMILES string of the molecule is CCCCC/C=C\C\C=C/C=C/C=C/[C@@H](SC[C@H](N)C(=O)OC[C@H](CO)OC(=O)CCCCCCCCCCCCCCCCC(C)CC)[C@@H](O)CCCC(=O)O. The van der Waals surface area contributed by atoms with Gasteiger partial charge in [-0.25, -0.2) is 0 Å². The van der Waals surface area contributed by atoms with Crippen LogP contribution < -0.4 is 5.73 Å². The molecule has 0 aliphatic carbocycles. The van der Waals surface area contributed by atoms with E-state index in [0.29, 0.717) is 6.42 Å². The topological polar surface area (TPSA) is 156 Å². The van der Waals surface area contributed by atoms with Gasteiger partial charge in [-0.3, -0.25) is 14.4 Å². The molecule has 0 bridgehead atoms. The molecule has 57 heavy (non-hydrogen) atoms. The Labute approximate surface area is 351 Å². The molecular formula is C47H83NO8S. The molecule has 0 aromatic carbocycles. The summed E-state index contributed by atoms with van der Waals surface area (Å²) in [6.45, 7) is 6.05. The highest BCUT2D eigenvalue weighted by atomic mass is 32.2. The van der Waals surface area contributed by atoms with Crippen LogP contribution in [0.2, 0.25) is 0 Å². The predicted molar refractivity (Wildman–Crippen MR) is 238 cm³/mol. The molecule has 5 atom stereocenters. The molecule has 10 heteroatoms. The first kappa shape index (κ1) is 54.6. The van der Waals surface area contributed by atoms with Crippen molar-refractivity contribution in [3.05, 3.63) is 48.6 Å². The number of ether oxygens (including phenoxy) is 2. The lowest BCUT2D eigenvalue weighted by molar-refractivity contribution is -0.161. The second-order valence-electron chi connectivity index (χ2n) is 15.6. The number of aliphatic carboxylic acids is 1. The number of carboxylic acid groups (broad SMARTS) is 1. The number of thioether (sulfide) groups is 1. The molecule has 0 radical (unpaired) electrons. The third-order valence-corrected chi connectivity index (χ3v) is 11.6. The third-order valence-electron chi connectivity index (χ3n) is 10.2.